The Labute approximate surface area is 144 Å². The molecule has 1 atom stereocenters. The second-order valence-corrected chi connectivity index (χ2v) is 6.41. The van der Waals surface area contributed by atoms with Crippen molar-refractivity contribution in [3.63, 3.8) is 0 Å². The van der Waals surface area contributed by atoms with Crippen molar-refractivity contribution in [1.29, 1.82) is 0 Å². The smallest absolute Gasteiger partial charge is 0.0845 e. The minimum atomic E-state index is -0.354. The summed E-state index contributed by atoms with van der Waals surface area (Å²) in [5, 5.41) is 11.8. The van der Waals surface area contributed by atoms with Crippen molar-refractivity contribution in [3.05, 3.63) is 35.0 Å². The highest BCUT2D eigenvalue weighted by atomic mass is 35.5. The van der Waals surface area contributed by atoms with Gasteiger partial charge in [-0.05, 0) is 38.5 Å². The van der Waals surface area contributed by atoms with E-state index >= 15 is 0 Å². The molecule has 3 rings (SSSR count). The van der Waals surface area contributed by atoms with Gasteiger partial charge >= 0.3 is 0 Å². The van der Waals surface area contributed by atoms with Crippen molar-refractivity contribution in [2.24, 2.45) is 0 Å². The van der Waals surface area contributed by atoms with Gasteiger partial charge in [-0.1, -0.05) is 11.6 Å². The predicted octanol–water partition coefficient (Wildman–Crippen LogP) is -0.736. The molecule has 0 spiro atoms. The summed E-state index contributed by atoms with van der Waals surface area (Å²) in [5.41, 5.74) is 5.07. The van der Waals surface area contributed by atoms with Gasteiger partial charge in [0.2, 0.25) is 0 Å². The maximum Gasteiger partial charge on any atom is 0.0845 e. The number of ether oxygens (including phenoxy) is 1. The second-order valence-electron chi connectivity index (χ2n) is 6.41. The van der Waals surface area contributed by atoms with Crippen LogP contribution in [0.1, 0.15) is 16.8 Å². The number of aliphatic hydroxyl groups is 1. The van der Waals surface area contributed by atoms with Crippen LogP contribution in [0.2, 0.25) is 0 Å². The average Bonchev–Trinajstić information content (AvgIpc) is 2.73. The Morgan fingerprint density at radius 3 is 2.52 bits per heavy atom. The number of rotatable bonds is 4. The fraction of sp³-hybridized carbons (Fsp3) is 0.556. The van der Waals surface area contributed by atoms with Gasteiger partial charge in [-0.25, -0.2) is 0 Å². The quantitative estimate of drug-likeness (QED) is 0.799. The molecule has 1 aromatic carbocycles. The fourth-order valence-electron chi connectivity index (χ4n) is 3.35. The highest BCUT2D eigenvalue weighted by Crippen LogP contribution is 2.26. The lowest BCUT2D eigenvalue weighted by Crippen LogP contribution is -3.00. The van der Waals surface area contributed by atoms with E-state index in [0.29, 0.717) is 13.1 Å². The van der Waals surface area contributed by atoms with Crippen molar-refractivity contribution in [1.82, 2.24) is 9.47 Å². The molecule has 0 saturated carbocycles. The van der Waals surface area contributed by atoms with Gasteiger partial charge in [-0.15, -0.1) is 0 Å². The SMILES string of the molecule is Cc1ccc2c(c1)c(C)c(C)n2CC(O)CN1CCOCC1.[Cl-]. The number of benzene rings is 1. The molecule has 0 aliphatic carbocycles. The molecule has 1 unspecified atom stereocenters. The molecule has 5 heteroatoms. The molecule has 2 heterocycles. The Hall–Kier alpha value is -1.07. The van der Waals surface area contributed by atoms with Gasteiger partial charge in [0, 0.05) is 36.2 Å². The van der Waals surface area contributed by atoms with Crippen LogP contribution >= 0.6 is 0 Å². The minimum Gasteiger partial charge on any atom is -1.00 e. The molecule has 1 aromatic heterocycles. The number of halogens is 1. The third-order valence-electron chi connectivity index (χ3n) is 4.76. The summed E-state index contributed by atoms with van der Waals surface area (Å²) in [4.78, 5) is 2.28. The van der Waals surface area contributed by atoms with E-state index in [4.69, 9.17) is 4.74 Å². The summed E-state index contributed by atoms with van der Waals surface area (Å²) >= 11 is 0. The molecule has 1 saturated heterocycles. The molecular weight excluding hydrogens is 312 g/mol. The van der Waals surface area contributed by atoms with Crippen LogP contribution in [0.4, 0.5) is 0 Å². The molecule has 4 nitrogen and oxygen atoms in total. The van der Waals surface area contributed by atoms with Crippen LogP contribution in [0, 0.1) is 20.8 Å². The number of nitrogens with zero attached hydrogens (tertiary/aromatic N) is 2. The molecule has 0 radical (unpaired) electrons. The first-order valence-corrected chi connectivity index (χ1v) is 8.10. The fourth-order valence-corrected chi connectivity index (χ4v) is 3.35. The van der Waals surface area contributed by atoms with E-state index in [1.54, 1.807) is 0 Å². The molecule has 2 aromatic rings. The van der Waals surface area contributed by atoms with E-state index in [9.17, 15) is 5.11 Å². The summed E-state index contributed by atoms with van der Waals surface area (Å²) in [6.45, 7) is 11.2. The Bertz CT molecular complexity index is 663. The summed E-state index contributed by atoms with van der Waals surface area (Å²) in [6, 6.07) is 6.56. The maximum atomic E-state index is 10.5. The lowest BCUT2D eigenvalue weighted by Gasteiger charge is -2.29. The zero-order chi connectivity index (χ0) is 15.7. The number of aliphatic hydroxyl groups excluding tert-OH is 1. The summed E-state index contributed by atoms with van der Waals surface area (Å²) in [5.74, 6) is 0. The van der Waals surface area contributed by atoms with Crippen LogP contribution in [0.3, 0.4) is 0 Å². The van der Waals surface area contributed by atoms with E-state index in [0.717, 1.165) is 26.3 Å². The summed E-state index contributed by atoms with van der Waals surface area (Å²) in [6.07, 6.45) is -0.354. The van der Waals surface area contributed by atoms with Crippen LogP contribution in [0.15, 0.2) is 18.2 Å². The monoisotopic (exact) mass is 337 g/mol. The standard InChI is InChI=1S/C18H26N2O2.ClH/c1-13-4-5-18-17(10-13)14(2)15(3)20(18)12-16(21)11-19-6-8-22-9-7-19;/h4-5,10,16,21H,6-9,11-12H2,1-3H3;1H/p-1. The highest BCUT2D eigenvalue weighted by Gasteiger charge is 2.18. The minimum absolute atomic E-state index is 0. The third-order valence-corrected chi connectivity index (χ3v) is 4.76. The van der Waals surface area contributed by atoms with Gasteiger partial charge < -0.3 is 26.8 Å². The van der Waals surface area contributed by atoms with Crippen molar-refractivity contribution in [2.75, 3.05) is 32.8 Å². The molecule has 1 aliphatic rings. The Kier molecular flexibility index (Phi) is 6.09. The number of hydrogen-bond donors (Lipinski definition) is 1. The Morgan fingerprint density at radius 1 is 1.13 bits per heavy atom. The Balaban J connectivity index is 0.00000192. The van der Waals surface area contributed by atoms with Crippen molar-refractivity contribution in [2.45, 2.75) is 33.4 Å². The maximum absolute atomic E-state index is 10.5. The van der Waals surface area contributed by atoms with Gasteiger partial charge in [0.15, 0.2) is 0 Å². The van der Waals surface area contributed by atoms with E-state index in [2.05, 4.69) is 48.4 Å². The van der Waals surface area contributed by atoms with E-state index in [-0.39, 0.29) is 18.5 Å². The van der Waals surface area contributed by atoms with E-state index in [1.165, 1.54) is 27.7 Å². The lowest BCUT2D eigenvalue weighted by atomic mass is 10.1. The highest BCUT2D eigenvalue weighted by molar-refractivity contribution is 5.85. The molecule has 0 bridgehead atoms. The van der Waals surface area contributed by atoms with Gasteiger partial charge in [0.25, 0.3) is 0 Å². The molecule has 23 heavy (non-hydrogen) atoms. The summed E-state index contributed by atoms with van der Waals surface area (Å²) < 4.78 is 7.62. The molecular formula is C18H26ClN2O2-. The molecule has 128 valence electrons. The van der Waals surface area contributed by atoms with Gasteiger partial charge in [-0.3, -0.25) is 4.90 Å². The van der Waals surface area contributed by atoms with Crippen LogP contribution in [0.25, 0.3) is 10.9 Å². The van der Waals surface area contributed by atoms with Crippen molar-refractivity contribution in [3.8, 4) is 0 Å². The van der Waals surface area contributed by atoms with Crippen molar-refractivity contribution < 1.29 is 22.3 Å². The number of morpholine rings is 1. The van der Waals surface area contributed by atoms with Crippen molar-refractivity contribution >= 4 is 10.9 Å². The molecule has 0 amide bonds. The van der Waals surface area contributed by atoms with Crippen LogP contribution in [-0.4, -0.2) is 53.5 Å². The predicted molar refractivity (Wildman–Crippen MR) is 89.4 cm³/mol. The van der Waals surface area contributed by atoms with Gasteiger partial charge in [-0.2, -0.15) is 0 Å². The zero-order valence-electron chi connectivity index (χ0n) is 14.2. The first-order valence-electron chi connectivity index (χ1n) is 8.10. The normalized spacial score (nSPS) is 17.2. The number of β-amino-alcohol motifs (C(OH)–C–C–N with tert-alkyl or cyclic N) is 1. The third kappa shape index (κ3) is 3.89. The van der Waals surface area contributed by atoms with Crippen LogP contribution < -0.4 is 12.4 Å². The first kappa shape index (κ1) is 18.3. The number of aryl methyl sites for hydroxylation is 2. The second kappa shape index (κ2) is 7.67. The largest absolute Gasteiger partial charge is 1.00 e. The number of aromatic nitrogens is 1. The summed E-state index contributed by atoms with van der Waals surface area (Å²) in [7, 11) is 0. The van der Waals surface area contributed by atoms with Crippen LogP contribution in [-0.2, 0) is 11.3 Å². The molecule has 1 N–H and O–H groups in total. The first-order chi connectivity index (χ1) is 10.6. The Morgan fingerprint density at radius 2 is 1.83 bits per heavy atom. The van der Waals surface area contributed by atoms with Crippen LogP contribution in [0.5, 0.6) is 0 Å². The van der Waals surface area contributed by atoms with Gasteiger partial charge in [0.1, 0.15) is 0 Å². The van der Waals surface area contributed by atoms with E-state index in [1.807, 2.05) is 0 Å². The molecule has 1 fully saturated rings. The number of fused-ring (bicyclic) bond motifs is 1. The van der Waals surface area contributed by atoms with E-state index < -0.39 is 0 Å². The zero-order valence-corrected chi connectivity index (χ0v) is 14.9. The lowest BCUT2D eigenvalue weighted by molar-refractivity contribution is -0.0000217. The average molecular weight is 338 g/mol. The topological polar surface area (TPSA) is 37.6 Å². The number of hydrogen-bond acceptors (Lipinski definition) is 3. The molecule has 1 aliphatic heterocycles. The van der Waals surface area contributed by atoms with Gasteiger partial charge in [0.05, 0.1) is 25.9 Å².